The molecule has 104 valence electrons. The van der Waals surface area contributed by atoms with Gasteiger partial charge >= 0.3 is 0 Å². The maximum atomic E-state index is 11.8. The summed E-state index contributed by atoms with van der Waals surface area (Å²) in [7, 11) is 0. The number of carbonyl (C=O) groups is 1. The van der Waals surface area contributed by atoms with Crippen molar-refractivity contribution in [2.45, 2.75) is 30.7 Å². The molecule has 0 aromatic rings. The minimum atomic E-state index is -1.22. The van der Waals surface area contributed by atoms with Gasteiger partial charge in [-0.3, -0.25) is 26.1 Å². The van der Waals surface area contributed by atoms with Gasteiger partial charge in [-0.15, -0.1) is 0 Å². The molecule has 0 aromatic heterocycles. The Morgan fingerprint density at radius 2 is 2.17 bits per heavy atom. The number of nitrogens with zero attached hydrogens (tertiary/aromatic N) is 1. The summed E-state index contributed by atoms with van der Waals surface area (Å²) < 4.78 is 0. The lowest BCUT2D eigenvalue weighted by molar-refractivity contribution is -0.130. The van der Waals surface area contributed by atoms with Crippen LogP contribution in [-0.4, -0.2) is 76.7 Å². The number of aliphatic hydroxyl groups excluding tert-OH is 3. The molecule has 5 atom stereocenters. The molecule has 0 aromatic carbocycles. The van der Waals surface area contributed by atoms with Gasteiger partial charge in [0.05, 0.1) is 25.5 Å². The van der Waals surface area contributed by atoms with Gasteiger partial charge in [0.1, 0.15) is 18.4 Å². The first kappa shape index (κ1) is 13.6. The van der Waals surface area contributed by atoms with E-state index in [0.717, 1.165) is 0 Å². The fourth-order valence-electron chi connectivity index (χ4n) is 2.24. The van der Waals surface area contributed by atoms with Crippen molar-refractivity contribution in [3.05, 3.63) is 0 Å². The van der Waals surface area contributed by atoms with Gasteiger partial charge in [0.2, 0.25) is 5.91 Å². The molecule has 5 unspecified atom stereocenters. The summed E-state index contributed by atoms with van der Waals surface area (Å²) in [6.07, 6.45) is -3.21. The summed E-state index contributed by atoms with van der Waals surface area (Å²) in [4.78, 5) is 13.5. The van der Waals surface area contributed by atoms with Crippen molar-refractivity contribution in [2.75, 3.05) is 19.8 Å². The van der Waals surface area contributed by atoms with Crippen molar-refractivity contribution in [1.82, 2.24) is 20.9 Å². The van der Waals surface area contributed by atoms with Crippen LogP contribution in [0.2, 0.25) is 0 Å². The van der Waals surface area contributed by atoms with Gasteiger partial charge in [0, 0.05) is 6.54 Å². The fraction of sp³-hybridized carbons (Fsp3) is 0.889. The van der Waals surface area contributed by atoms with Crippen LogP contribution in [0, 0.1) is 0 Å². The van der Waals surface area contributed by atoms with Crippen molar-refractivity contribution in [1.29, 1.82) is 0 Å². The van der Waals surface area contributed by atoms with Crippen LogP contribution in [0.15, 0.2) is 0 Å². The number of hydrogen-bond acceptors (Lipinski definition) is 8. The first-order chi connectivity index (χ1) is 8.52. The lowest BCUT2D eigenvalue weighted by Crippen LogP contribution is -2.70. The van der Waals surface area contributed by atoms with E-state index >= 15 is 0 Å². The predicted molar refractivity (Wildman–Crippen MR) is 60.6 cm³/mol. The zero-order chi connectivity index (χ0) is 13.3. The Labute approximate surface area is 104 Å². The number of fused-ring (bicyclic) bond motifs is 1. The molecule has 2 fully saturated rings. The van der Waals surface area contributed by atoms with Gasteiger partial charge in [-0.1, -0.05) is 0 Å². The molecule has 2 rings (SSSR count). The first-order valence-corrected chi connectivity index (χ1v) is 5.79. The third kappa shape index (κ3) is 2.62. The van der Waals surface area contributed by atoms with Gasteiger partial charge < -0.3 is 20.6 Å². The van der Waals surface area contributed by atoms with Crippen LogP contribution in [0.4, 0.5) is 0 Å². The molecule has 8 N–H and O–H groups in total. The maximum absolute atomic E-state index is 11.8. The van der Waals surface area contributed by atoms with Crippen LogP contribution in [0.1, 0.15) is 0 Å². The molecule has 0 bridgehead atoms. The molecule has 18 heavy (non-hydrogen) atoms. The molecule has 9 nitrogen and oxygen atoms in total. The Kier molecular flexibility index (Phi) is 4.12. The van der Waals surface area contributed by atoms with E-state index in [9.17, 15) is 15.0 Å². The van der Waals surface area contributed by atoms with E-state index in [-0.39, 0.29) is 18.6 Å². The normalized spacial score (nSPS) is 36.0. The van der Waals surface area contributed by atoms with Crippen LogP contribution in [0.25, 0.3) is 0 Å². The highest BCUT2D eigenvalue weighted by Crippen LogP contribution is 2.14. The van der Waals surface area contributed by atoms with E-state index in [1.165, 1.54) is 0 Å². The quantitative estimate of drug-likeness (QED) is 0.267. The number of carbonyl (C=O) groups excluding carboxylic acids is 1. The molecule has 2 saturated heterocycles. The number of aliphatic hydroxyl groups is 3. The van der Waals surface area contributed by atoms with Crippen molar-refractivity contribution >= 4 is 5.91 Å². The number of nitrogens with two attached hydrogens (primary N) is 1. The molecule has 0 aliphatic carbocycles. The Hall–Kier alpha value is -0.810. The third-order valence-electron chi connectivity index (χ3n) is 3.20. The molecular formula is C9H19N5O4. The lowest BCUT2D eigenvalue weighted by atomic mass is 10.1. The van der Waals surface area contributed by atoms with Gasteiger partial charge in [0.25, 0.3) is 0 Å². The SMILES string of the molecule is NC1NC(=O)C2C(NCN2CC(O)C(O)CO)N1. The van der Waals surface area contributed by atoms with E-state index in [2.05, 4.69) is 16.0 Å². The molecule has 0 saturated carbocycles. The summed E-state index contributed by atoms with van der Waals surface area (Å²) in [6.45, 7) is -0.0518. The van der Waals surface area contributed by atoms with Crippen LogP contribution < -0.4 is 21.7 Å². The van der Waals surface area contributed by atoms with E-state index in [4.69, 9.17) is 10.8 Å². The summed E-state index contributed by atoms with van der Waals surface area (Å²) in [6, 6.07) is -0.495. The largest absolute Gasteiger partial charge is 0.394 e. The molecule has 0 spiro atoms. The molecule has 2 aliphatic heterocycles. The summed E-state index contributed by atoms with van der Waals surface area (Å²) >= 11 is 0. The Balaban J connectivity index is 1.97. The van der Waals surface area contributed by atoms with Crippen molar-refractivity contribution in [3.63, 3.8) is 0 Å². The van der Waals surface area contributed by atoms with Crippen molar-refractivity contribution in [2.24, 2.45) is 5.73 Å². The highest BCUT2D eigenvalue weighted by atomic mass is 16.4. The average molecular weight is 261 g/mol. The summed E-state index contributed by atoms with van der Waals surface area (Å²) in [5.74, 6) is -0.234. The maximum Gasteiger partial charge on any atom is 0.242 e. The highest BCUT2D eigenvalue weighted by molar-refractivity contribution is 5.84. The standard InChI is InChI=1S/C9H19N5O4/c10-9-12-7-6(8(18)13-9)14(3-11-7)1-4(16)5(17)2-15/h4-7,9,11-12,15-17H,1-3,10H2,(H,13,18). The summed E-state index contributed by atoms with van der Waals surface area (Å²) in [5, 5.41) is 36.3. The Morgan fingerprint density at radius 3 is 2.83 bits per heavy atom. The van der Waals surface area contributed by atoms with Crippen molar-refractivity contribution in [3.8, 4) is 0 Å². The number of hydrogen-bond donors (Lipinski definition) is 7. The summed E-state index contributed by atoms with van der Waals surface area (Å²) in [5.41, 5.74) is 5.57. The van der Waals surface area contributed by atoms with Gasteiger partial charge in [-0.05, 0) is 0 Å². The number of amides is 1. The lowest BCUT2D eigenvalue weighted by Gasteiger charge is -2.34. The molecular weight excluding hydrogens is 242 g/mol. The first-order valence-electron chi connectivity index (χ1n) is 5.79. The minimum absolute atomic E-state index is 0.0836. The molecule has 2 heterocycles. The third-order valence-corrected chi connectivity index (χ3v) is 3.20. The van der Waals surface area contributed by atoms with Crippen LogP contribution in [0.3, 0.4) is 0 Å². The van der Waals surface area contributed by atoms with E-state index in [1.54, 1.807) is 4.90 Å². The molecule has 1 amide bonds. The fourth-order valence-corrected chi connectivity index (χ4v) is 2.24. The topological polar surface area (TPSA) is 143 Å². The number of β-amino-alcohol motifs (C(OH)–C–C–N with tert-alkyl or cyclic N) is 1. The smallest absolute Gasteiger partial charge is 0.242 e. The highest BCUT2D eigenvalue weighted by Gasteiger charge is 2.44. The Morgan fingerprint density at radius 1 is 1.44 bits per heavy atom. The molecule has 9 heteroatoms. The van der Waals surface area contributed by atoms with E-state index in [1.807, 2.05) is 0 Å². The van der Waals surface area contributed by atoms with Crippen molar-refractivity contribution < 1.29 is 20.1 Å². The Bertz CT molecular complexity index is 317. The predicted octanol–water partition coefficient (Wildman–Crippen LogP) is -4.78. The van der Waals surface area contributed by atoms with Gasteiger partial charge in [0.15, 0.2) is 0 Å². The second-order valence-electron chi connectivity index (χ2n) is 4.53. The molecule has 2 aliphatic rings. The van der Waals surface area contributed by atoms with Gasteiger partial charge in [-0.2, -0.15) is 0 Å². The van der Waals surface area contributed by atoms with E-state index < -0.39 is 31.1 Å². The van der Waals surface area contributed by atoms with Crippen LogP contribution in [-0.2, 0) is 4.79 Å². The van der Waals surface area contributed by atoms with Gasteiger partial charge in [-0.25, -0.2) is 0 Å². The number of nitrogens with one attached hydrogen (secondary N) is 3. The van der Waals surface area contributed by atoms with Crippen LogP contribution in [0.5, 0.6) is 0 Å². The monoisotopic (exact) mass is 261 g/mol. The second kappa shape index (κ2) is 5.45. The zero-order valence-corrected chi connectivity index (χ0v) is 9.78. The molecule has 0 radical (unpaired) electrons. The van der Waals surface area contributed by atoms with E-state index in [0.29, 0.717) is 6.67 Å². The van der Waals surface area contributed by atoms with Crippen LogP contribution >= 0.6 is 0 Å². The zero-order valence-electron chi connectivity index (χ0n) is 9.78. The average Bonchev–Trinajstić information content (AvgIpc) is 2.71. The number of rotatable bonds is 4. The minimum Gasteiger partial charge on any atom is -0.394 e. The second-order valence-corrected chi connectivity index (χ2v) is 4.53.